The second-order valence-corrected chi connectivity index (χ2v) is 10.4. The molecule has 1 aliphatic carbocycles. The van der Waals surface area contributed by atoms with Crippen molar-refractivity contribution < 1.29 is 32.5 Å². The minimum atomic E-state index is -4.76. The normalized spacial score (nSPS) is 21.0. The van der Waals surface area contributed by atoms with Gasteiger partial charge in [-0.2, -0.15) is 13.2 Å². The van der Waals surface area contributed by atoms with Gasteiger partial charge in [-0.05, 0) is 47.8 Å². The summed E-state index contributed by atoms with van der Waals surface area (Å²) in [6.07, 6.45) is -3.32. The van der Waals surface area contributed by atoms with Gasteiger partial charge in [0.15, 0.2) is 0 Å². The van der Waals surface area contributed by atoms with Crippen LogP contribution in [0.3, 0.4) is 0 Å². The third-order valence-electron chi connectivity index (χ3n) is 6.67. The highest BCUT2D eigenvalue weighted by molar-refractivity contribution is 5.74. The van der Waals surface area contributed by atoms with E-state index in [1.54, 1.807) is 0 Å². The monoisotopic (exact) mass is 494 g/mol. The molecule has 1 aliphatic heterocycles. The van der Waals surface area contributed by atoms with E-state index in [0.717, 1.165) is 11.3 Å². The number of nitrogens with zero attached hydrogens (tertiary/aromatic N) is 2. The molecule has 0 radical (unpaired) electrons. The highest BCUT2D eigenvalue weighted by Gasteiger charge is 2.39. The molecule has 4 rings (SSSR count). The van der Waals surface area contributed by atoms with Crippen LogP contribution in [0.15, 0.2) is 18.3 Å². The fraction of sp³-hybridized carbons (Fsp3) is 0.538. The zero-order valence-electron chi connectivity index (χ0n) is 20.2. The largest absolute Gasteiger partial charge is 0.417 e. The van der Waals surface area contributed by atoms with Gasteiger partial charge in [-0.3, -0.25) is 9.97 Å². The van der Waals surface area contributed by atoms with E-state index in [1.165, 1.54) is 0 Å². The minimum absolute atomic E-state index is 0.191. The molecule has 0 spiro atoms. The molecule has 190 valence electrons. The van der Waals surface area contributed by atoms with Crippen LogP contribution in [0.1, 0.15) is 98.0 Å². The van der Waals surface area contributed by atoms with E-state index in [1.807, 2.05) is 33.8 Å². The van der Waals surface area contributed by atoms with Gasteiger partial charge in [-0.15, -0.1) is 0 Å². The van der Waals surface area contributed by atoms with Gasteiger partial charge in [-0.1, -0.05) is 33.8 Å². The Balaban J connectivity index is 1.99. The van der Waals surface area contributed by atoms with Crippen LogP contribution >= 0.6 is 0 Å². The van der Waals surface area contributed by atoms with Crippen molar-refractivity contribution in [1.29, 1.82) is 0 Å². The van der Waals surface area contributed by atoms with Gasteiger partial charge in [0, 0.05) is 23.0 Å². The minimum Gasteiger partial charge on any atom is -0.388 e. The number of fused-ring (bicyclic) bond motifs is 1. The van der Waals surface area contributed by atoms with E-state index in [2.05, 4.69) is 4.98 Å². The second kappa shape index (κ2) is 9.26. The highest BCUT2D eigenvalue weighted by Crippen LogP contribution is 2.48. The summed E-state index contributed by atoms with van der Waals surface area (Å²) in [5, 5.41) is 22.6. The Morgan fingerprint density at radius 2 is 1.91 bits per heavy atom. The Kier molecular flexibility index (Phi) is 6.81. The summed E-state index contributed by atoms with van der Waals surface area (Å²) in [5.74, 6) is -1.45. The molecular formula is C26H30F4N2O3. The second-order valence-electron chi connectivity index (χ2n) is 10.4. The zero-order valence-corrected chi connectivity index (χ0v) is 20.2. The molecule has 0 aromatic carbocycles. The molecule has 5 nitrogen and oxygen atoms in total. The molecule has 0 bridgehead atoms. The van der Waals surface area contributed by atoms with Crippen LogP contribution < -0.4 is 0 Å². The molecule has 9 heteroatoms. The average Bonchev–Trinajstić information content (AvgIpc) is 2.76. The van der Waals surface area contributed by atoms with Gasteiger partial charge in [0.2, 0.25) is 0 Å². The number of aliphatic hydroxyl groups is 2. The lowest BCUT2D eigenvalue weighted by atomic mass is 9.71. The summed E-state index contributed by atoms with van der Waals surface area (Å²) in [6.45, 7) is 8.64. The molecule has 3 heterocycles. The lowest BCUT2D eigenvalue weighted by molar-refractivity contribution is -0.138. The molecule has 2 N–H and O–H groups in total. The van der Waals surface area contributed by atoms with Gasteiger partial charge in [0.05, 0.1) is 30.6 Å². The van der Waals surface area contributed by atoms with Crippen molar-refractivity contribution in [3.8, 4) is 0 Å². The third-order valence-corrected chi connectivity index (χ3v) is 6.67. The summed E-state index contributed by atoms with van der Waals surface area (Å²) in [7, 11) is 0. The zero-order chi connectivity index (χ0) is 25.7. The van der Waals surface area contributed by atoms with Crippen molar-refractivity contribution in [2.45, 2.75) is 71.3 Å². The van der Waals surface area contributed by atoms with Gasteiger partial charge in [0.25, 0.3) is 0 Å². The first-order valence-corrected chi connectivity index (χ1v) is 11.7. The molecular weight excluding hydrogens is 464 g/mol. The van der Waals surface area contributed by atoms with Crippen molar-refractivity contribution in [2.24, 2.45) is 5.41 Å². The fourth-order valence-electron chi connectivity index (χ4n) is 5.09. The first-order valence-electron chi connectivity index (χ1n) is 11.7. The highest BCUT2D eigenvalue weighted by atomic mass is 19.4. The first kappa shape index (κ1) is 25.7. The van der Waals surface area contributed by atoms with E-state index >= 15 is 0 Å². The average molecular weight is 495 g/mol. The summed E-state index contributed by atoms with van der Waals surface area (Å²) >= 11 is 0. The van der Waals surface area contributed by atoms with Crippen LogP contribution in [0.5, 0.6) is 0 Å². The molecule has 0 saturated carbocycles. The van der Waals surface area contributed by atoms with Crippen molar-refractivity contribution >= 4 is 5.57 Å². The third kappa shape index (κ3) is 4.99. The Morgan fingerprint density at radius 3 is 2.49 bits per heavy atom. The number of ether oxygens (including phenoxy) is 1. The maximum Gasteiger partial charge on any atom is 0.417 e. The Labute approximate surface area is 201 Å². The summed E-state index contributed by atoms with van der Waals surface area (Å²) in [5.41, 5.74) is 1.55. The molecule has 2 unspecified atom stereocenters. The van der Waals surface area contributed by atoms with E-state index in [-0.39, 0.29) is 16.9 Å². The Bertz CT molecular complexity index is 1160. The van der Waals surface area contributed by atoms with E-state index in [0.29, 0.717) is 61.6 Å². The van der Waals surface area contributed by atoms with Crippen LogP contribution in [-0.2, 0) is 17.3 Å². The lowest BCUT2D eigenvalue weighted by Crippen LogP contribution is -2.30. The topological polar surface area (TPSA) is 75.5 Å². The number of hydrogen-bond donors (Lipinski definition) is 2. The quantitative estimate of drug-likeness (QED) is 0.538. The van der Waals surface area contributed by atoms with Crippen molar-refractivity contribution in [3.63, 3.8) is 0 Å². The summed E-state index contributed by atoms with van der Waals surface area (Å²) in [4.78, 5) is 8.52. The van der Waals surface area contributed by atoms with Crippen molar-refractivity contribution in [3.05, 3.63) is 63.5 Å². The predicted octanol–water partition coefficient (Wildman–Crippen LogP) is 5.65. The van der Waals surface area contributed by atoms with Crippen LogP contribution in [-0.4, -0.2) is 33.4 Å². The standard InChI is InChI=1S/C26H30F4N2O3/c1-13(2)22-21(24(34)23-16(27)9-15(12-31-23)26(28,29)30)19(14-5-7-35-8-6-14)20-17(32-22)10-25(3,4)11-18(20)33/h5,9,12-13,18,24,33-34H,6-8,10-11H2,1-4H3. The van der Waals surface area contributed by atoms with Crippen molar-refractivity contribution in [1.82, 2.24) is 9.97 Å². The van der Waals surface area contributed by atoms with Crippen LogP contribution in [0.2, 0.25) is 0 Å². The molecule has 2 atom stereocenters. The Morgan fingerprint density at radius 1 is 1.20 bits per heavy atom. The maximum absolute atomic E-state index is 14.9. The molecule has 2 aromatic heterocycles. The number of pyridine rings is 2. The SMILES string of the molecule is CC(C)c1nc2c(c(C3=CCOCC3)c1C(O)c1ncc(C(F)(F)F)cc1F)C(O)CC(C)(C)C2. The van der Waals surface area contributed by atoms with Crippen LogP contribution in [0, 0.1) is 11.2 Å². The number of alkyl halides is 3. The van der Waals surface area contributed by atoms with Crippen molar-refractivity contribution in [2.75, 3.05) is 13.2 Å². The Hall–Kier alpha value is -2.36. The number of hydrogen-bond acceptors (Lipinski definition) is 5. The maximum atomic E-state index is 14.9. The van der Waals surface area contributed by atoms with Gasteiger partial charge in [0.1, 0.15) is 17.6 Å². The van der Waals surface area contributed by atoms with Gasteiger partial charge < -0.3 is 14.9 Å². The van der Waals surface area contributed by atoms with Crippen LogP contribution in [0.25, 0.3) is 5.57 Å². The summed E-state index contributed by atoms with van der Waals surface area (Å²) < 4.78 is 59.6. The molecule has 2 aliphatic rings. The fourth-order valence-corrected chi connectivity index (χ4v) is 5.09. The van der Waals surface area contributed by atoms with Gasteiger partial charge in [-0.25, -0.2) is 4.39 Å². The number of halogens is 4. The van der Waals surface area contributed by atoms with Gasteiger partial charge >= 0.3 is 6.18 Å². The van der Waals surface area contributed by atoms with Crippen LogP contribution in [0.4, 0.5) is 17.6 Å². The molecule has 0 amide bonds. The molecule has 0 saturated heterocycles. The molecule has 35 heavy (non-hydrogen) atoms. The molecule has 2 aromatic rings. The predicted molar refractivity (Wildman–Crippen MR) is 122 cm³/mol. The summed E-state index contributed by atoms with van der Waals surface area (Å²) in [6, 6.07) is 0.344. The number of aromatic nitrogens is 2. The lowest BCUT2D eigenvalue weighted by Gasteiger charge is -2.38. The smallest absolute Gasteiger partial charge is 0.388 e. The molecule has 0 fully saturated rings. The first-order chi connectivity index (χ1) is 16.3. The van der Waals surface area contributed by atoms with E-state index < -0.39 is 35.5 Å². The number of aliphatic hydroxyl groups excluding tert-OH is 2. The number of rotatable bonds is 4. The van der Waals surface area contributed by atoms with E-state index in [4.69, 9.17) is 9.72 Å². The van der Waals surface area contributed by atoms with E-state index in [9.17, 15) is 27.8 Å².